The predicted octanol–water partition coefficient (Wildman–Crippen LogP) is 1.03. The van der Waals surface area contributed by atoms with Crippen LogP contribution in [0.15, 0.2) is 30.3 Å². The van der Waals surface area contributed by atoms with Gasteiger partial charge in [0.1, 0.15) is 0 Å². The summed E-state index contributed by atoms with van der Waals surface area (Å²) in [5, 5.41) is 0. The van der Waals surface area contributed by atoms with Crippen molar-refractivity contribution in [1.82, 2.24) is 4.90 Å². The zero-order valence-corrected chi connectivity index (χ0v) is 10.0. The topological polar surface area (TPSA) is 20.3 Å². The average Bonchev–Trinajstić information content (AvgIpc) is 2.91. The molecule has 0 amide bonds. The number of nitrogens with zero attached hydrogens (tertiary/aromatic N) is 1. The van der Waals surface area contributed by atoms with Gasteiger partial charge in [-0.2, -0.15) is 0 Å². The van der Waals surface area contributed by atoms with Gasteiger partial charge in [0.2, 0.25) is 7.28 Å². The molecule has 3 rings (SSSR count). The highest BCUT2D eigenvalue weighted by atomic mass is 16.1. The van der Waals surface area contributed by atoms with Crippen molar-refractivity contribution in [2.45, 2.75) is 25.3 Å². The molecule has 2 fully saturated rings. The van der Waals surface area contributed by atoms with Crippen LogP contribution in [0, 0.1) is 5.92 Å². The Balaban J connectivity index is 1.67. The van der Waals surface area contributed by atoms with Gasteiger partial charge in [-0.25, -0.2) is 0 Å². The predicted molar refractivity (Wildman–Crippen MR) is 69.5 cm³/mol. The lowest BCUT2D eigenvalue weighted by atomic mass is 9.61. The zero-order chi connectivity index (χ0) is 11.7. The molecule has 2 nitrogen and oxygen atoms in total. The molecule has 2 atom stereocenters. The largest absolute Gasteiger partial charge is 0.311 e. The minimum atomic E-state index is 0.248. The van der Waals surface area contributed by atoms with Crippen molar-refractivity contribution < 1.29 is 4.79 Å². The third-order valence-electron chi connectivity index (χ3n) is 4.08. The molecular weight excluding hydrogens is 209 g/mol. The Kier molecular flexibility index (Phi) is 3.02. The van der Waals surface area contributed by atoms with Crippen LogP contribution >= 0.6 is 0 Å². The first-order valence-electron chi connectivity index (χ1n) is 6.52. The lowest BCUT2D eigenvalue weighted by Gasteiger charge is -2.19. The second-order valence-corrected chi connectivity index (χ2v) is 5.10. The molecule has 0 aliphatic carbocycles. The fourth-order valence-corrected chi connectivity index (χ4v) is 3.23. The minimum absolute atomic E-state index is 0.248. The Morgan fingerprint density at radius 2 is 2.00 bits per heavy atom. The van der Waals surface area contributed by atoms with E-state index in [2.05, 4.69) is 4.90 Å². The second kappa shape index (κ2) is 4.65. The van der Waals surface area contributed by atoms with Crippen LogP contribution in [0.3, 0.4) is 0 Å². The smallest absolute Gasteiger partial charge is 0.241 e. The molecule has 1 aromatic carbocycles. The maximum Gasteiger partial charge on any atom is 0.241 e. The van der Waals surface area contributed by atoms with Gasteiger partial charge in [0.05, 0.1) is 5.68 Å². The lowest BCUT2D eigenvalue weighted by Crippen LogP contribution is -2.36. The van der Waals surface area contributed by atoms with Crippen LogP contribution in [-0.4, -0.2) is 37.0 Å². The second-order valence-electron chi connectivity index (χ2n) is 5.10. The van der Waals surface area contributed by atoms with Crippen LogP contribution < -0.4 is 5.46 Å². The van der Waals surface area contributed by atoms with Crippen molar-refractivity contribution >= 4 is 18.4 Å². The first kappa shape index (κ1) is 11.0. The van der Waals surface area contributed by atoms with Crippen LogP contribution in [0.5, 0.6) is 0 Å². The van der Waals surface area contributed by atoms with E-state index in [1.807, 2.05) is 37.6 Å². The molecule has 0 aromatic heterocycles. The third kappa shape index (κ3) is 2.16. The summed E-state index contributed by atoms with van der Waals surface area (Å²) in [4.78, 5) is 14.8. The lowest BCUT2D eigenvalue weighted by molar-refractivity contribution is -0.115. The molecule has 2 saturated heterocycles. The molecule has 0 N–H and O–H groups in total. The number of hydrogen-bond acceptors (Lipinski definition) is 2. The molecule has 0 bridgehead atoms. The maximum absolute atomic E-state index is 12.3. The normalized spacial score (nSPS) is 28.0. The molecule has 1 aromatic rings. The van der Waals surface area contributed by atoms with E-state index in [9.17, 15) is 4.79 Å². The van der Waals surface area contributed by atoms with Crippen molar-refractivity contribution in [3.8, 4) is 0 Å². The van der Waals surface area contributed by atoms with Crippen molar-refractivity contribution in [2.75, 3.05) is 13.1 Å². The zero-order valence-electron chi connectivity index (χ0n) is 10.0. The average molecular weight is 226 g/mol. The van der Waals surface area contributed by atoms with Gasteiger partial charge in [-0.05, 0) is 32.4 Å². The fraction of sp³-hybridized carbons (Fsp3) is 0.500. The SMILES string of the molecule is O=C([B]c1ccccc1)C1CCN2CCCC12. The van der Waals surface area contributed by atoms with E-state index in [0.29, 0.717) is 11.7 Å². The van der Waals surface area contributed by atoms with Gasteiger partial charge in [-0.15, -0.1) is 0 Å². The van der Waals surface area contributed by atoms with E-state index >= 15 is 0 Å². The maximum atomic E-state index is 12.3. The third-order valence-corrected chi connectivity index (χ3v) is 4.08. The van der Waals surface area contributed by atoms with Crippen LogP contribution in [0.2, 0.25) is 0 Å². The summed E-state index contributed by atoms with van der Waals surface area (Å²) in [5.74, 6) is 0.248. The summed E-state index contributed by atoms with van der Waals surface area (Å²) >= 11 is 0. The summed E-state index contributed by atoms with van der Waals surface area (Å²) in [5.41, 5.74) is 1.36. The molecule has 3 heteroatoms. The molecule has 87 valence electrons. The number of carbonyl (C=O) groups excluding carboxylic acids is 1. The van der Waals surface area contributed by atoms with E-state index in [1.54, 1.807) is 0 Å². The van der Waals surface area contributed by atoms with Crippen LogP contribution in [0.4, 0.5) is 0 Å². The molecule has 0 spiro atoms. The van der Waals surface area contributed by atoms with Gasteiger partial charge in [0.25, 0.3) is 0 Å². The molecular formula is C14H17BNO. The van der Waals surface area contributed by atoms with Gasteiger partial charge >= 0.3 is 0 Å². The van der Waals surface area contributed by atoms with E-state index in [4.69, 9.17) is 0 Å². The molecule has 2 aliphatic heterocycles. The van der Waals surface area contributed by atoms with E-state index in [0.717, 1.165) is 18.4 Å². The van der Waals surface area contributed by atoms with Gasteiger partial charge in [0, 0.05) is 12.0 Å². The summed E-state index contributed by atoms with van der Waals surface area (Å²) in [7, 11) is 1.83. The summed E-state index contributed by atoms with van der Waals surface area (Å²) < 4.78 is 0. The Morgan fingerprint density at radius 3 is 2.82 bits per heavy atom. The van der Waals surface area contributed by atoms with Gasteiger partial charge in [-0.3, -0.25) is 4.90 Å². The number of carbonyl (C=O) groups is 1. The Bertz CT molecular complexity index is 406. The highest BCUT2D eigenvalue weighted by Crippen LogP contribution is 2.32. The van der Waals surface area contributed by atoms with E-state index < -0.39 is 0 Å². The first-order valence-corrected chi connectivity index (χ1v) is 6.52. The molecule has 1 radical (unpaired) electrons. The molecule has 2 unspecified atom stereocenters. The van der Waals surface area contributed by atoms with Gasteiger partial charge < -0.3 is 4.79 Å². The number of rotatable bonds is 3. The van der Waals surface area contributed by atoms with Crippen LogP contribution in [0.1, 0.15) is 19.3 Å². The molecule has 2 heterocycles. The Labute approximate surface area is 103 Å². The highest BCUT2D eigenvalue weighted by Gasteiger charge is 2.40. The number of benzene rings is 1. The van der Waals surface area contributed by atoms with Crippen molar-refractivity contribution in [2.24, 2.45) is 5.92 Å². The molecule has 0 saturated carbocycles. The van der Waals surface area contributed by atoms with E-state index in [1.165, 1.54) is 19.4 Å². The summed E-state index contributed by atoms with van der Waals surface area (Å²) in [6, 6.07) is 10.5. The highest BCUT2D eigenvalue weighted by molar-refractivity contribution is 6.84. The Hall–Kier alpha value is -1.09. The summed E-state index contributed by atoms with van der Waals surface area (Å²) in [6.07, 6.45) is 3.52. The summed E-state index contributed by atoms with van der Waals surface area (Å²) in [6.45, 7) is 2.31. The monoisotopic (exact) mass is 226 g/mol. The molecule has 2 aliphatic rings. The Morgan fingerprint density at radius 1 is 1.18 bits per heavy atom. The fourth-order valence-electron chi connectivity index (χ4n) is 3.23. The van der Waals surface area contributed by atoms with Crippen molar-refractivity contribution in [3.63, 3.8) is 0 Å². The number of fused-ring (bicyclic) bond motifs is 1. The van der Waals surface area contributed by atoms with Gasteiger partial charge in [0.15, 0.2) is 0 Å². The van der Waals surface area contributed by atoms with Crippen molar-refractivity contribution in [1.29, 1.82) is 0 Å². The van der Waals surface area contributed by atoms with Crippen molar-refractivity contribution in [3.05, 3.63) is 30.3 Å². The van der Waals surface area contributed by atoms with E-state index in [-0.39, 0.29) is 5.92 Å². The minimum Gasteiger partial charge on any atom is -0.311 e. The standard InChI is InChI=1S/C14H17BNO/c17-14(15-11-5-2-1-3-6-11)12-8-10-16-9-4-7-13(12)16/h1-3,5-6,12-13H,4,7-10H2. The van der Waals surface area contributed by atoms with Crippen LogP contribution in [-0.2, 0) is 4.79 Å². The number of hydrogen-bond donors (Lipinski definition) is 0. The van der Waals surface area contributed by atoms with Gasteiger partial charge in [-0.1, -0.05) is 35.8 Å². The molecule has 17 heavy (non-hydrogen) atoms. The quantitative estimate of drug-likeness (QED) is 0.717. The first-order chi connectivity index (χ1) is 8.34. The van der Waals surface area contributed by atoms with Crippen LogP contribution in [0.25, 0.3) is 0 Å².